The van der Waals surface area contributed by atoms with Gasteiger partial charge in [0.25, 0.3) is 0 Å². The molecule has 0 saturated heterocycles. The van der Waals surface area contributed by atoms with E-state index in [-0.39, 0.29) is 6.04 Å². The highest BCUT2D eigenvalue weighted by molar-refractivity contribution is 7.10. The maximum absolute atomic E-state index is 6.48. The molecule has 1 atom stereocenters. The van der Waals surface area contributed by atoms with Crippen LogP contribution >= 0.6 is 34.5 Å². The number of halogens is 2. The Hall–Kier alpha value is -0.740. The Bertz CT molecular complexity index is 669. The van der Waals surface area contributed by atoms with Crippen molar-refractivity contribution in [2.75, 3.05) is 13.2 Å². The van der Waals surface area contributed by atoms with Gasteiger partial charge in [-0.1, -0.05) is 30.1 Å². The Morgan fingerprint density at radius 3 is 2.86 bits per heavy atom. The first-order valence-corrected chi connectivity index (χ1v) is 8.67. The number of thiophene rings is 1. The Balaban J connectivity index is 2.12. The molecule has 21 heavy (non-hydrogen) atoms. The first kappa shape index (κ1) is 15.2. The summed E-state index contributed by atoms with van der Waals surface area (Å²) in [5.41, 5.74) is 3.38. The van der Waals surface area contributed by atoms with Crippen molar-refractivity contribution < 1.29 is 4.74 Å². The highest BCUT2D eigenvalue weighted by Gasteiger charge is 2.26. The molecule has 0 radical (unpaired) electrons. The third-order valence-electron chi connectivity index (χ3n) is 3.68. The van der Waals surface area contributed by atoms with E-state index in [1.54, 1.807) is 11.3 Å². The van der Waals surface area contributed by atoms with Crippen molar-refractivity contribution in [3.05, 3.63) is 49.1 Å². The lowest BCUT2D eigenvalue weighted by Crippen LogP contribution is -2.22. The highest BCUT2D eigenvalue weighted by Crippen LogP contribution is 2.42. The van der Waals surface area contributed by atoms with E-state index in [2.05, 4.69) is 17.6 Å². The molecule has 1 unspecified atom stereocenters. The molecule has 112 valence electrons. The summed E-state index contributed by atoms with van der Waals surface area (Å²) in [6.07, 6.45) is 0.916. The van der Waals surface area contributed by atoms with Gasteiger partial charge in [0, 0.05) is 21.9 Å². The standard InChI is InChI=1S/C16H17Cl2NOS/c1-3-19-14(16-13(18)9(2)8-21-16)12-7-11(17)6-10-4-5-20-15(10)12/h6-8,14,19H,3-5H2,1-2H3. The molecule has 2 heterocycles. The zero-order valence-corrected chi connectivity index (χ0v) is 14.3. The average molecular weight is 342 g/mol. The molecular formula is C16H17Cl2NOS. The zero-order chi connectivity index (χ0) is 15.0. The molecule has 0 saturated carbocycles. The second-order valence-corrected chi connectivity index (χ2v) is 6.89. The van der Waals surface area contributed by atoms with Gasteiger partial charge in [-0.15, -0.1) is 11.3 Å². The number of rotatable bonds is 4. The second kappa shape index (κ2) is 6.17. The fourth-order valence-electron chi connectivity index (χ4n) is 2.70. The third kappa shape index (κ3) is 2.80. The van der Waals surface area contributed by atoms with Crippen LogP contribution in [0, 0.1) is 6.92 Å². The summed E-state index contributed by atoms with van der Waals surface area (Å²) in [4.78, 5) is 1.12. The molecule has 3 rings (SSSR count). The van der Waals surface area contributed by atoms with Crippen LogP contribution in [0.4, 0.5) is 0 Å². The van der Waals surface area contributed by atoms with Gasteiger partial charge in [-0.3, -0.25) is 0 Å². The van der Waals surface area contributed by atoms with Gasteiger partial charge in [-0.25, -0.2) is 0 Å². The van der Waals surface area contributed by atoms with E-state index in [0.29, 0.717) is 0 Å². The summed E-state index contributed by atoms with van der Waals surface area (Å²) >= 11 is 14.4. The van der Waals surface area contributed by atoms with Crippen LogP contribution in [0.25, 0.3) is 0 Å². The minimum atomic E-state index is 0.0201. The number of benzene rings is 1. The van der Waals surface area contributed by atoms with Crippen molar-refractivity contribution in [3.8, 4) is 5.75 Å². The quantitative estimate of drug-likeness (QED) is 0.844. The fourth-order valence-corrected chi connectivity index (χ4v) is 4.35. The van der Waals surface area contributed by atoms with E-state index >= 15 is 0 Å². The van der Waals surface area contributed by atoms with Crippen molar-refractivity contribution in [1.82, 2.24) is 5.32 Å². The molecule has 0 fully saturated rings. The van der Waals surface area contributed by atoms with Crippen molar-refractivity contribution >= 4 is 34.5 Å². The van der Waals surface area contributed by atoms with Gasteiger partial charge in [0.15, 0.2) is 0 Å². The predicted octanol–water partition coefficient (Wildman–Crippen LogP) is 5.00. The molecule has 0 aliphatic carbocycles. The Labute approximate surface area is 139 Å². The fraction of sp³-hybridized carbons (Fsp3) is 0.375. The van der Waals surface area contributed by atoms with Crippen LogP contribution in [-0.2, 0) is 6.42 Å². The van der Waals surface area contributed by atoms with Crippen molar-refractivity contribution in [1.29, 1.82) is 0 Å². The van der Waals surface area contributed by atoms with Gasteiger partial charge in [-0.05, 0) is 42.1 Å². The van der Waals surface area contributed by atoms with Crippen molar-refractivity contribution in [3.63, 3.8) is 0 Å². The van der Waals surface area contributed by atoms with Crippen LogP contribution in [0.1, 0.15) is 34.5 Å². The minimum Gasteiger partial charge on any atom is -0.493 e. The molecule has 5 heteroatoms. The van der Waals surface area contributed by atoms with Gasteiger partial charge < -0.3 is 10.1 Å². The normalized spacial score (nSPS) is 14.9. The average Bonchev–Trinajstić information content (AvgIpc) is 3.04. The molecule has 1 aliphatic heterocycles. The Morgan fingerprint density at radius 2 is 2.19 bits per heavy atom. The second-order valence-electron chi connectivity index (χ2n) is 5.17. The molecule has 1 aromatic heterocycles. The summed E-state index contributed by atoms with van der Waals surface area (Å²) in [5, 5.41) is 7.19. The molecule has 1 aromatic carbocycles. The molecule has 2 aromatic rings. The third-order valence-corrected chi connectivity index (χ3v) is 5.68. The van der Waals surface area contributed by atoms with Gasteiger partial charge in [0.2, 0.25) is 0 Å². The van der Waals surface area contributed by atoms with E-state index in [0.717, 1.165) is 51.4 Å². The molecular weight excluding hydrogens is 325 g/mol. The first-order chi connectivity index (χ1) is 10.1. The summed E-state index contributed by atoms with van der Waals surface area (Å²) < 4.78 is 5.84. The van der Waals surface area contributed by atoms with E-state index in [1.807, 2.05) is 19.1 Å². The van der Waals surface area contributed by atoms with Crippen LogP contribution in [0.3, 0.4) is 0 Å². The Kier molecular flexibility index (Phi) is 4.46. The van der Waals surface area contributed by atoms with Crippen LogP contribution in [0.2, 0.25) is 10.0 Å². The van der Waals surface area contributed by atoms with Crippen molar-refractivity contribution in [2.45, 2.75) is 26.3 Å². The van der Waals surface area contributed by atoms with Crippen LogP contribution in [0.5, 0.6) is 5.75 Å². The molecule has 0 bridgehead atoms. The van der Waals surface area contributed by atoms with E-state index in [1.165, 1.54) is 5.56 Å². The highest BCUT2D eigenvalue weighted by atomic mass is 35.5. The van der Waals surface area contributed by atoms with Crippen LogP contribution in [-0.4, -0.2) is 13.2 Å². The van der Waals surface area contributed by atoms with E-state index < -0.39 is 0 Å². The van der Waals surface area contributed by atoms with Gasteiger partial charge in [-0.2, -0.15) is 0 Å². The first-order valence-electron chi connectivity index (χ1n) is 7.03. The zero-order valence-electron chi connectivity index (χ0n) is 12.0. The lowest BCUT2D eigenvalue weighted by Gasteiger charge is -2.20. The molecule has 0 spiro atoms. The van der Waals surface area contributed by atoms with Gasteiger partial charge in [0.05, 0.1) is 17.7 Å². The van der Waals surface area contributed by atoms with Crippen LogP contribution in [0.15, 0.2) is 17.5 Å². The minimum absolute atomic E-state index is 0.0201. The Morgan fingerprint density at radius 1 is 1.38 bits per heavy atom. The summed E-state index contributed by atoms with van der Waals surface area (Å²) in [6.45, 7) is 5.69. The number of hydrogen-bond donors (Lipinski definition) is 1. The smallest absolute Gasteiger partial charge is 0.127 e. The SMILES string of the molecule is CCNC(c1cc(Cl)cc2c1OCC2)c1scc(C)c1Cl. The number of nitrogens with one attached hydrogen (secondary N) is 1. The van der Waals surface area contributed by atoms with Crippen LogP contribution < -0.4 is 10.1 Å². The molecule has 2 nitrogen and oxygen atoms in total. The molecule has 0 amide bonds. The van der Waals surface area contributed by atoms with Crippen molar-refractivity contribution in [2.24, 2.45) is 0 Å². The monoisotopic (exact) mass is 341 g/mol. The molecule has 1 aliphatic rings. The number of fused-ring (bicyclic) bond motifs is 1. The number of ether oxygens (including phenoxy) is 1. The molecule has 1 N–H and O–H groups in total. The summed E-state index contributed by atoms with van der Waals surface area (Å²) in [6, 6.07) is 4.01. The number of aryl methyl sites for hydroxylation is 1. The van der Waals surface area contributed by atoms with Gasteiger partial charge >= 0.3 is 0 Å². The predicted molar refractivity (Wildman–Crippen MR) is 90.2 cm³/mol. The van der Waals surface area contributed by atoms with Gasteiger partial charge in [0.1, 0.15) is 5.75 Å². The summed E-state index contributed by atoms with van der Waals surface area (Å²) in [5.74, 6) is 0.965. The largest absolute Gasteiger partial charge is 0.493 e. The number of hydrogen-bond acceptors (Lipinski definition) is 3. The summed E-state index contributed by atoms with van der Waals surface area (Å²) in [7, 11) is 0. The van der Waals surface area contributed by atoms with E-state index in [4.69, 9.17) is 27.9 Å². The maximum atomic E-state index is 6.48. The maximum Gasteiger partial charge on any atom is 0.127 e. The van der Waals surface area contributed by atoms with E-state index in [9.17, 15) is 0 Å². The lowest BCUT2D eigenvalue weighted by atomic mass is 10.00. The topological polar surface area (TPSA) is 21.3 Å². The lowest BCUT2D eigenvalue weighted by molar-refractivity contribution is 0.351.